The van der Waals surface area contributed by atoms with E-state index in [-0.39, 0.29) is 11.3 Å². The van der Waals surface area contributed by atoms with Crippen molar-refractivity contribution in [3.05, 3.63) is 77.8 Å². The number of nitrogens with one attached hydrogen (secondary N) is 2. The highest BCUT2D eigenvalue weighted by molar-refractivity contribution is 7.80. The number of furan rings is 1. The second-order valence-corrected chi connectivity index (χ2v) is 5.65. The van der Waals surface area contributed by atoms with Crippen LogP contribution < -0.4 is 10.7 Å². The molecule has 8 heteroatoms. The number of benzene rings is 1. The van der Waals surface area contributed by atoms with Gasteiger partial charge in [-0.3, -0.25) is 10.4 Å². The van der Waals surface area contributed by atoms with Crippen LogP contribution in [0.5, 0.6) is 0 Å². The Hall–Kier alpha value is -3.13. The number of thiocarbonyl (C=S) groups is 1. The fraction of sp³-hybridized carbons (Fsp3) is 0.0556. The topological polar surface area (TPSA) is 62.5 Å². The Labute approximate surface area is 153 Å². The highest BCUT2D eigenvalue weighted by Gasteiger charge is 2.10. The number of hydrogen-bond acceptors (Lipinski definition) is 4. The molecule has 0 aliphatic heterocycles. The summed E-state index contributed by atoms with van der Waals surface area (Å²) in [6.07, 6.45) is 4.81. The first-order valence-electron chi connectivity index (χ1n) is 7.63. The van der Waals surface area contributed by atoms with Gasteiger partial charge in [0.2, 0.25) is 0 Å². The van der Waals surface area contributed by atoms with Crippen LogP contribution in [0.2, 0.25) is 0 Å². The molecule has 0 aliphatic carbocycles. The normalized spacial score (nSPS) is 10.8. The quantitative estimate of drug-likeness (QED) is 0.407. The summed E-state index contributed by atoms with van der Waals surface area (Å²) in [7, 11) is 0. The predicted octanol–water partition coefficient (Wildman–Crippen LogP) is 3.62. The number of halogens is 2. The van der Waals surface area contributed by atoms with Gasteiger partial charge in [-0.05, 0) is 54.2 Å². The smallest absolute Gasteiger partial charge is 0.187 e. The van der Waals surface area contributed by atoms with Gasteiger partial charge in [0, 0.05) is 18.9 Å². The number of hydrazone groups is 1. The third kappa shape index (κ3) is 4.70. The molecule has 2 aromatic heterocycles. The van der Waals surface area contributed by atoms with E-state index in [4.69, 9.17) is 16.6 Å². The van der Waals surface area contributed by atoms with Gasteiger partial charge in [0.05, 0.1) is 11.8 Å². The van der Waals surface area contributed by atoms with Crippen LogP contribution in [-0.2, 0) is 6.54 Å². The van der Waals surface area contributed by atoms with Gasteiger partial charge >= 0.3 is 0 Å². The molecule has 0 saturated heterocycles. The van der Waals surface area contributed by atoms with Crippen LogP contribution in [-0.4, -0.2) is 16.3 Å². The Morgan fingerprint density at radius 3 is 2.92 bits per heavy atom. The Bertz CT molecular complexity index is 928. The second kappa shape index (κ2) is 8.30. The number of hydrogen-bond donors (Lipinski definition) is 2. The van der Waals surface area contributed by atoms with Gasteiger partial charge in [-0.25, -0.2) is 8.78 Å². The molecule has 0 bridgehead atoms. The van der Waals surface area contributed by atoms with Crippen LogP contribution in [0.1, 0.15) is 11.3 Å². The largest absolute Gasteiger partial charge is 0.455 e. The molecule has 2 N–H and O–H groups in total. The summed E-state index contributed by atoms with van der Waals surface area (Å²) in [6.45, 7) is 0.513. The zero-order chi connectivity index (χ0) is 18.4. The number of aromatic nitrogens is 1. The van der Waals surface area contributed by atoms with Crippen molar-refractivity contribution >= 4 is 23.5 Å². The summed E-state index contributed by atoms with van der Waals surface area (Å²) in [6, 6.07) is 10.1. The van der Waals surface area contributed by atoms with Crippen LogP contribution in [0.3, 0.4) is 0 Å². The number of rotatable bonds is 5. The highest BCUT2D eigenvalue weighted by atomic mass is 32.1. The molecule has 0 aliphatic rings. The summed E-state index contributed by atoms with van der Waals surface area (Å²) < 4.78 is 32.4. The van der Waals surface area contributed by atoms with E-state index in [9.17, 15) is 8.78 Å². The molecular formula is C18H14F2N4OS. The summed E-state index contributed by atoms with van der Waals surface area (Å²) in [5, 5.41) is 7.25. The van der Waals surface area contributed by atoms with Crippen molar-refractivity contribution in [2.45, 2.75) is 6.54 Å². The minimum atomic E-state index is -0.567. The molecule has 0 fully saturated rings. The van der Waals surface area contributed by atoms with Crippen LogP contribution in [0, 0.1) is 11.6 Å². The van der Waals surface area contributed by atoms with Crippen LogP contribution >= 0.6 is 12.2 Å². The van der Waals surface area contributed by atoms with Crippen LogP contribution in [0.4, 0.5) is 8.78 Å². The lowest BCUT2D eigenvalue weighted by atomic mass is 10.1. The molecule has 3 rings (SSSR count). The van der Waals surface area contributed by atoms with Gasteiger partial charge < -0.3 is 9.73 Å². The Kier molecular flexibility index (Phi) is 5.65. The van der Waals surface area contributed by atoms with E-state index in [0.717, 1.165) is 23.8 Å². The first kappa shape index (κ1) is 17.7. The van der Waals surface area contributed by atoms with Crippen molar-refractivity contribution in [2.24, 2.45) is 5.10 Å². The first-order valence-corrected chi connectivity index (χ1v) is 8.04. The maximum Gasteiger partial charge on any atom is 0.187 e. The van der Waals surface area contributed by atoms with Crippen molar-refractivity contribution in [1.82, 2.24) is 15.7 Å². The lowest BCUT2D eigenvalue weighted by Crippen LogP contribution is -2.31. The summed E-state index contributed by atoms with van der Waals surface area (Å²) in [5.41, 5.74) is 3.67. The molecule has 26 heavy (non-hydrogen) atoms. The molecule has 0 spiro atoms. The second-order valence-electron chi connectivity index (χ2n) is 5.24. The van der Waals surface area contributed by atoms with E-state index < -0.39 is 11.6 Å². The van der Waals surface area contributed by atoms with Crippen LogP contribution in [0.25, 0.3) is 11.3 Å². The molecule has 2 heterocycles. The maximum atomic E-state index is 13.7. The highest BCUT2D eigenvalue weighted by Crippen LogP contribution is 2.25. The van der Waals surface area contributed by atoms with Crippen molar-refractivity contribution < 1.29 is 13.2 Å². The van der Waals surface area contributed by atoms with Gasteiger partial charge in [0.15, 0.2) is 5.11 Å². The fourth-order valence-electron chi connectivity index (χ4n) is 2.13. The summed E-state index contributed by atoms with van der Waals surface area (Å²) >= 11 is 5.10. The fourth-order valence-corrected chi connectivity index (χ4v) is 2.26. The van der Waals surface area contributed by atoms with Gasteiger partial charge in [0.25, 0.3) is 0 Å². The van der Waals surface area contributed by atoms with Gasteiger partial charge in [0.1, 0.15) is 23.2 Å². The molecule has 0 amide bonds. The van der Waals surface area contributed by atoms with E-state index in [1.54, 1.807) is 18.5 Å². The standard InChI is InChI=1S/C18H14F2N4OS/c19-13-3-5-16(20)15(8-13)17-6-4-14(25-17)11-23-24-18(26)22-10-12-2-1-7-21-9-12/h1-9,11H,10H2,(H2,22,24,26)/b23-11+. The molecule has 0 saturated carbocycles. The van der Waals surface area contributed by atoms with Crippen molar-refractivity contribution in [1.29, 1.82) is 0 Å². The zero-order valence-corrected chi connectivity index (χ0v) is 14.3. The first-order chi connectivity index (χ1) is 12.6. The van der Waals surface area contributed by atoms with Crippen LogP contribution in [0.15, 0.2) is 64.4 Å². The minimum Gasteiger partial charge on any atom is -0.455 e. The molecule has 132 valence electrons. The van der Waals surface area contributed by atoms with Gasteiger partial charge in [-0.2, -0.15) is 5.10 Å². The summed E-state index contributed by atoms with van der Waals surface area (Å²) in [4.78, 5) is 4.01. The molecule has 0 atom stereocenters. The van der Waals surface area contributed by atoms with E-state index in [2.05, 4.69) is 20.8 Å². The predicted molar refractivity (Wildman–Crippen MR) is 98.5 cm³/mol. The molecule has 1 aromatic carbocycles. The lowest BCUT2D eigenvalue weighted by Gasteiger charge is -2.06. The monoisotopic (exact) mass is 372 g/mol. The Morgan fingerprint density at radius 2 is 2.12 bits per heavy atom. The zero-order valence-electron chi connectivity index (χ0n) is 13.4. The number of nitrogens with zero attached hydrogens (tertiary/aromatic N) is 2. The SMILES string of the molecule is Fc1ccc(F)c(-c2ccc(/C=N/NC(=S)NCc3cccnc3)o2)c1. The third-order valence-corrected chi connectivity index (χ3v) is 3.59. The Morgan fingerprint density at radius 1 is 1.23 bits per heavy atom. The van der Waals surface area contributed by atoms with E-state index in [1.807, 2.05) is 12.1 Å². The summed E-state index contributed by atoms with van der Waals surface area (Å²) in [5.74, 6) is -0.533. The molecule has 0 unspecified atom stereocenters. The van der Waals surface area contributed by atoms with E-state index >= 15 is 0 Å². The maximum absolute atomic E-state index is 13.7. The van der Waals surface area contributed by atoms with Crippen molar-refractivity contribution in [2.75, 3.05) is 0 Å². The molecule has 3 aromatic rings. The van der Waals surface area contributed by atoms with E-state index in [0.29, 0.717) is 17.4 Å². The minimum absolute atomic E-state index is 0.0475. The molecule has 5 nitrogen and oxygen atoms in total. The van der Waals surface area contributed by atoms with Crippen molar-refractivity contribution in [3.8, 4) is 11.3 Å². The van der Waals surface area contributed by atoms with Gasteiger partial charge in [-0.15, -0.1) is 0 Å². The molecule has 0 radical (unpaired) electrons. The van der Waals surface area contributed by atoms with Crippen molar-refractivity contribution in [3.63, 3.8) is 0 Å². The lowest BCUT2D eigenvalue weighted by molar-refractivity contribution is 0.558. The average Bonchev–Trinajstić information content (AvgIpc) is 3.11. The third-order valence-electron chi connectivity index (χ3n) is 3.35. The Balaban J connectivity index is 1.55. The van der Waals surface area contributed by atoms with Gasteiger partial charge in [-0.1, -0.05) is 6.07 Å². The van der Waals surface area contributed by atoms with E-state index in [1.165, 1.54) is 12.3 Å². The average molecular weight is 372 g/mol. The molecular weight excluding hydrogens is 358 g/mol. The number of pyridine rings is 1.